The van der Waals surface area contributed by atoms with Crippen LogP contribution >= 0.6 is 0 Å². The molecule has 2 fully saturated rings. The van der Waals surface area contributed by atoms with Gasteiger partial charge >= 0.3 is 6.09 Å². The van der Waals surface area contributed by atoms with Crippen molar-refractivity contribution in [3.05, 3.63) is 12.2 Å². The molecule has 5 heteroatoms. The second-order valence-corrected chi connectivity index (χ2v) is 5.43. The van der Waals surface area contributed by atoms with E-state index in [0.717, 1.165) is 0 Å². The van der Waals surface area contributed by atoms with Gasteiger partial charge in [0.25, 0.3) is 0 Å². The summed E-state index contributed by atoms with van der Waals surface area (Å²) in [5, 5.41) is 0. The third-order valence-electron chi connectivity index (χ3n) is 3.91. The molecule has 3 aliphatic rings. The second kappa shape index (κ2) is 4.09. The maximum atomic E-state index is 12.2. The largest absolute Gasteiger partial charge is 0.447 e. The molecule has 0 N–H and O–H groups in total. The van der Waals surface area contributed by atoms with Crippen molar-refractivity contribution >= 4 is 11.9 Å². The summed E-state index contributed by atoms with van der Waals surface area (Å²) in [6, 6.07) is -0.553. The Morgan fingerprint density at radius 1 is 1.33 bits per heavy atom. The monoisotopic (exact) mass is 251 g/mol. The van der Waals surface area contributed by atoms with Gasteiger partial charge in [0.2, 0.25) is 0 Å². The van der Waals surface area contributed by atoms with Crippen LogP contribution in [0.4, 0.5) is 4.79 Å². The summed E-state index contributed by atoms with van der Waals surface area (Å²) >= 11 is 0. The molecule has 0 aromatic heterocycles. The van der Waals surface area contributed by atoms with E-state index in [9.17, 15) is 9.59 Å². The smallest absolute Gasteiger partial charge is 0.410 e. The fraction of sp³-hybridized carbons (Fsp3) is 0.692. The number of ether oxygens (including phenoxy) is 2. The summed E-state index contributed by atoms with van der Waals surface area (Å²) in [4.78, 5) is 25.7. The van der Waals surface area contributed by atoms with E-state index < -0.39 is 12.1 Å². The highest BCUT2D eigenvalue weighted by molar-refractivity contribution is 5.90. The van der Waals surface area contributed by atoms with Crippen LogP contribution in [0.25, 0.3) is 0 Å². The molecule has 0 spiro atoms. The number of ketones is 1. The Balaban J connectivity index is 1.89. The number of rotatable bonds is 2. The molecule has 1 amide bonds. The Kier molecular flexibility index (Phi) is 2.66. The van der Waals surface area contributed by atoms with E-state index in [2.05, 4.69) is 0 Å². The van der Waals surface area contributed by atoms with Crippen molar-refractivity contribution in [2.24, 2.45) is 5.92 Å². The van der Waals surface area contributed by atoms with Gasteiger partial charge < -0.3 is 9.47 Å². The molecule has 2 bridgehead atoms. The average Bonchev–Trinajstić information content (AvgIpc) is 2.85. The molecule has 3 rings (SSSR count). The van der Waals surface area contributed by atoms with Gasteiger partial charge in [0.1, 0.15) is 18.8 Å². The Hall–Kier alpha value is -1.36. The van der Waals surface area contributed by atoms with E-state index in [-0.39, 0.29) is 30.0 Å². The number of Topliss-reactive ketones (excluding diaryl/α,β-unsaturated/α-hetero) is 1. The fourth-order valence-corrected chi connectivity index (χ4v) is 2.92. The number of cyclic esters (lactones) is 1. The molecule has 4 atom stereocenters. The predicted octanol–water partition coefficient (Wildman–Crippen LogP) is 1.13. The van der Waals surface area contributed by atoms with E-state index >= 15 is 0 Å². The molecule has 98 valence electrons. The lowest BCUT2D eigenvalue weighted by molar-refractivity contribution is -0.138. The zero-order valence-electron chi connectivity index (χ0n) is 10.5. The van der Waals surface area contributed by atoms with E-state index in [0.29, 0.717) is 13.0 Å². The molecule has 0 unspecified atom stereocenters. The van der Waals surface area contributed by atoms with Gasteiger partial charge in [0, 0.05) is 6.42 Å². The Labute approximate surface area is 106 Å². The van der Waals surface area contributed by atoms with Gasteiger partial charge in [0.15, 0.2) is 5.78 Å². The van der Waals surface area contributed by atoms with Crippen molar-refractivity contribution in [3.63, 3.8) is 0 Å². The first kappa shape index (κ1) is 11.7. The van der Waals surface area contributed by atoms with Crippen molar-refractivity contribution in [1.82, 2.24) is 4.90 Å². The highest BCUT2D eigenvalue weighted by atomic mass is 16.6. The Morgan fingerprint density at radius 2 is 2.11 bits per heavy atom. The van der Waals surface area contributed by atoms with Crippen LogP contribution in [0.15, 0.2) is 12.2 Å². The topological polar surface area (TPSA) is 55.8 Å². The summed E-state index contributed by atoms with van der Waals surface area (Å²) in [5.74, 6) is 0.332. The van der Waals surface area contributed by atoms with Crippen molar-refractivity contribution < 1.29 is 19.1 Å². The highest BCUT2D eigenvalue weighted by Gasteiger charge is 2.49. The van der Waals surface area contributed by atoms with Gasteiger partial charge in [-0.15, -0.1) is 0 Å². The number of fused-ring (bicyclic) bond motifs is 2. The number of nitrogens with zero attached hydrogens (tertiary/aromatic N) is 1. The van der Waals surface area contributed by atoms with Crippen molar-refractivity contribution in [3.8, 4) is 0 Å². The van der Waals surface area contributed by atoms with Crippen LogP contribution in [0.2, 0.25) is 0 Å². The molecule has 0 aliphatic carbocycles. The first-order valence-electron chi connectivity index (χ1n) is 6.39. The van der Waals surface area contributed by atoms with Crippen LogP contribution in [0, 0.1) is 5.92 Å². The predicted molar refractivity (Wildman–Crippen MR) is 63.0 cm³/mol. The van der Waals surface area contributed by atoms with E-state index in [4.69, 9.17) is 9.47 Å². The number of carbonyl (C=O) groups is 2. The van der Waals surface area contributed by atoms with E-state index in [1.165, 1.54) is 0 Å². The standard InChI is InChI=1S/C13H17NO4/c1-7(2)9-6-17-13(16)14(9)12-10(15)5-8-3-4-11(12)18-8/h3-4,7-9,11-12H,5-6H2,1-2H3/t8-,9-,11+,12+/m0/s1. The minimum atomic E-state index is -0.512. The van der Waals surface area contributed by atoms with Gasteiger partial charge in [0.05, 0.1) is 12.1 Å². The summed E-state index contributed by atoms with van der Waals surface area (Å²) < 4.78 is 10.8. The van der Waals surface area contributed by atoms with E-state index in [1.807, 2.05) is 26.0 Å². The first-order valence-corrected chi connectivity index (χ1v) is 6.39. The third kappa shape index (κ3) is 1.65. The molecule has 18 heavy (non-hydrogen) atoms. The summed E-state index contributed by atoms with van der Waals surface area (Å²) in [6.45, 7) is 4.42. The molecule has 0 aromatic carbocycles. The molecule has 0 radical (unpaired) electrons. The summed E-state index contributed by atoms with van der Waals surface area (Å²) in [5.41, 5.74) is 0. The molecular weight excluding hydrogens is 234 g/mol. The van der Waals surface area contributed by atoms with Crippen LogP contribution in [-0.2, 0) is 14.3 Å². The number of hydrogen-bond donors (Lipinski definition) is 0. The first-order chi connectivity index (χ1) is 8.58. The minimum absolute atomic E-state index is 0.0411. The van der Waals surface area contributed by atoms with Gasteiger partial charge in [-0.05, 0) is 5.92 Å². The van der Waals surface area contributed by atoms with Gasteiger partial charge in [-0.25, -0.2) is 4.79 Å². The van der Waals surface area contributed by atoms with Crippen LogP contribution in [-0.4, -0.2) is 47.7 Å². The minimum Gasteiger partial charge on any atom is -0.447 e. The third-order valence-corrected chi connectivity index (χ3v) is 3.91. The van der Waals surface area contributed by atoms with Crippen LogP contribution in [0.3, 0.4) is 0 Å². The SMILES string of the molecule is CC(C)[C@@H]1COC(=O)N1[C@@H]1C(=O)C[C@@H]2C=C[C@H]1O2. The molecule has 3 heterocycles. The van der Waals surface area contributed by atoms with Crippen LogP contribution in [0.1, 0.15) is 20.3 Å². The molecule has 3 aliphatic heterocycles. The Bertz CT molecular complexity index is 417. The molecular formula is C13H17NO4. The zero-order chi connectivity index (χ0) is 12.9. The zero-order valence-corrected chi connectivity index (χ0v) is 10.5. The summed E-state index contributed by atoms with van der Waals surface area (Å²) in [7, 11) is 0. The molecule has 0 aromatic rings. The molecule has 0 saturated carbocycles. The summed E-state index contributed by atoms with van der Waals surface area (Å²) in [6.07, 6.45) is 3.36. The average molecular weight is 251 g/mol. The van der Waals surface area contributed by atoms with Gasteiger partial charge in [-0.3, -0.25) is 9.69 Å². The van der Waals surface area contributed by atoms with Crippen molar-refractivity contribution in [2.75, 3.05) is 6.61 Å². The number of amides is 1. The maximum absolute atomic E-state index is 12.2. The lowest BCUT2D eigenvalue weighted by Crippen LogP contribution is -2.56. The van der Waals surface area contributed by atoms with Crippen molar-refractivity contribution in [2.45, 2.75) is 44.6 Å². The van der Waals surface area contributed by atoms with Gasteiger partial charge in [-0.1, -0.05) is 26.0 Å². The van der Waals surface area contributed by atoms with E-state index in [1.54, 1.807) is 4.90 Å². The fourth-order valence-electron chi connectivity index (χ4n) is 2.92. The quantitative estimate of drug-likeness (QED) is 0.690. The highest BCUT2D eigenvalue weighted by Crippen LogP contribution is 2.32. The Morgan fingerprint density at radius 3 is 2.83 bits per heavy atom. The number of hydrogen-bond acceptors (Lipinski definition) is 4. The molecule has 5 nitrogen and oxygen atoms in total. The number of carbonyl (C=O) groups excluding carboxylic acids is 2. The lowest BCUT2D eigenvalue weighted by Gasteiger charge is -2.37. The van der Waals surface area contributed by atoms with Crippen molar-refractivity contribution in [1.29, 1.82) is 0 Å². The maximum Gasteiger partial charge on any atom is 0.410 e. The lowest BCUT2D eigenvalue weighted by atomic mass is 9.96. The van der Waals surface area contributed by atoms with Crippen LogP contribution < -0.4 is 0 Å². The second-order valence-electron chi connectivity index (χ2n) is 5.43. The molecule has 2 saturated heterocycles. The van der Waals surface area contributed by atoms with Crippen LogP contribution in [0.5, 0.6) is 0 Å². The van der Waals surface area contributed by atoms with Gasteiger partial charge in [-0.2, -0.15) is 0 Å². The normalized spacial score (nSPS) is 38.7.